The molecule has 29 heavy (non-hydrogen) atoms. The van der Waals surface area contributed by atoms with Crippen molar-refractivity contribution in [3.63, 3.8) is 0 Å². The number of rotatable bonds is 8. The summed E-state index contributed by atoms with van der Waals surface area (Å²) in [4.78, 5) is 44.3. The Morgan fingerprint density at radius 3 is 2.62 bits per heavy atom. The van der Waals surface area contributed by atoms with E-state index in [1.165, 1.54) is 5.38 Å². The van der Waals surface area contributed by atoms with E-state index in [1.807, 2.05) is 0 Å². The number of hydrogen-bond donors (Lipinski definition) is 2. The van der Waals surface area contributed by atoms with Gasteiger partial charge in [-0.1, -0.05) is 5.16 Å². The summed E-state index contributed by atoms with van der Waals surface area (Å²) in [5.41, 5.74) is -0.341. The van der Waals surface area contributed by atoms with Gasteiger partial charge in [-0.2, -0.15) is 0 Å². The van der Waals surface area contributed by atoms with Crippen LogP contribution in [-0.4, -0.2) is 76.6 Å². The second-order valence-electron chi connectivity index (χ2n) is 5.11. The Kier molecular flexibility index (Phi) is 9.75. The van der Waals surface area contributed by atoms with Crippen LogP contribution in [-0.2, 0) is 29.5 Å². The molecule has 0 spiro atoms. The van der Waals surface area contributed by atoms with Crippen LogP contribution in [0.25, 0.3) is 0 Å². The average Bonchev–Trinajstić information content (AvgIpc) is 3.08. The number of carbonyl (C=O) groups is 3. The molecule has 2 rings (SSSR count). The number of nitrogens with zero attached hydrogens (tertiary/aromatic N) is 3. The Balaban J connectivity index is 0.00000420. The minimum atomic E-state index is -5.06. The van der Waals surface area contributed by atoms with Crippen molar-refractivity contribution in [2.24, 2.45) is 5.16 Å². The molecule has 0 radical (unpaired) electrons. The van der Waals surface area contributed by atoms with Crippen LogP contribution in [0.15, 0.2) is 10.5 Å². The summed E-state index contributed by atoms with van der Waals surface area (Å²) in [5.74, 6) is -3.27. The number of oxime groups is 1. The van der Waals surface area contributed by atoms with Crippen LogP contribution in [0, 0.1) is 0 Å². The zero-order valence-corrected chi connectivity index (χ0v) is 20.1. The Labute approximate surface area is 201 Å². The molecule has 1 fully saturated rings. The molecule has 1 saturated heterocycles. The molecule has 2 heterocycles. The molecule has 2 atom stereocenters. The maximum Gasteiger partial charge on any atom is 1.00 e. The molecule has 2 N–H and O–H groups in total. The van der Waals surface area contributed by atoms with Gasteiger partial charge < -0.3 is 20.0 Å². The number of amides is 3. The van der Waals surface area contributed by atoms with E-state index in [9.17, 15) is 27.4 Å². The molecule has 1 aliphatic rings. The van der Waals surface area contributed by atoms with Gasteiger partial charge in [0.05, 0.1) is 6.04 Å². The van der Waals surface area contributed by atoms with Crippen LogP contribution in [0.2, 0.25) is 0 Å². The summed E-state index contributed by atoms with van der Waals surface area (Å²) in [6.45, 7) is 0. The number of anilines is 1. The molecule has 154 valence electrons. The molecule has 17 heteroatoms. The molecular formula is C12H12Cl2N5NaO7S2. The molecule has 0 aromatic carbocycles. The minimum Gasteiger partial charge on any atom is -0.731 e. The molecular weight excluding hydrogens is 484 g/mol. The zero-order chi connectivity index (χ0) is 21.1. The molecule has 0 unspecified atom stereocenters. The molecule has 3 amide bonds. The van der Waals surface area contributed by atoms with Crippen molar-refractivity contribution < 1.29 is 61.7 Å². The van der Waals surface area contributed by atoms with Gasteiger partial charge in [-0.3, -0.25) is 14.4 Å². The van der Waals surface area contributed by atoms with E-state index >= 15 is 0 Å². The second-order valence-corrected chi connectivity index (χ2v) is 7.79. The second kappa shape index (κ2) is 10.9. The molecule has 12 nitrogen and oxygen atoms in total. The number of β-lactam (4-membered cyclic amide) rings is 1. The number of aromatic nitrogens is 1. The standard InChI is InChI=1S/C12H13Cl2N5O7S2.Na/c1-26-18-8(5-4-27-12(15-5)16-7(20)3-14)10(21)17-9-6(2-13)19(11(9)22)28(23,24)25;/h4,6,9H,2-3H2,1H3,(H,17,21)(H,15,16,20)(H,23,24,25);/q;+1/p-1/t6-,9+;/m1./s1. The summed E-state index contributed by atoms with van der Waals surface area (Å²) in [6, 6.07) is -2.58. The minimum absolute atomic E-state index is 0. The molecule has 1 aliphatic heterocycles. The van der Waals surface area contributed by atoms with Gasteiger partial charge in [0.25, 0.3) is 11.8 Å². The van der Waals surface area contributed by atoms with Crippen LogP contribution in [0.3, 0.4) is 0 Å². The molecule has 1 aromatic rings. The third-order valence-electron chi connectivity index (χ3n) is 3.37. The van der Waals surface area contributed by atoms with Gasteiger partial charge in [-0.25, -0.2) is 17.7 Å². The van der Waals surface area contributed by atoms with Crippen LogP contribution >= 0.6 is 34.5 Å². The van der Waals surface area contributed by atoms with E-state index < -0.39 is 46.0 Å². The first-order chi connectivity index (χ1) is 13.1. The Bertz CT molecular complexity index is 925. The summed E-state index contributed by atoms with van der Waals surface area (Å²) < 4.78 is 33.3. The van der Waals surface area contributed by atoms with Crippen molar-refractivity contribution in [3.05, 3.63) is 11.1 Å². The van der Waals surface area contributed by atoms with Crippen molar-refractivity contribution >= 4 is 73.4 Å². The van der Waals surface area contributed by atoms with Crippen molar-refractivity contribution in [3.8, 4) is 0 Å². The predicted molar refractivity (Wildman–Crippen MR) is 98.0 cm³/mol. The van der Waals surface area contributed by atoms with Gasteiger partial charge in [0.1, 0.15) is 24.7 Å². The van der Waals surface area contributed by atoms with Gasteiger partial charge >= 0.3 is 29.6 Å². The van der Waals surface area contributed by atoms with E-state index in [4.69, 9.17) is 23.2 Å². The molecule has 0 bridgehead atoms. The van der Waals surface area contributed by atoms with Crippen molar-refractivity contribution in [1.29, 1.82) is 0 Å². The number of nitrogens with one attached hydrogen (secondary N) is 2. The quantitative estimate of drug-likeness (QED) is 0.0918. The molecule has 0 aliphatic carbocycles. The summed E-state index contributed by atoms with van der Waals surface area (Å²) in [6.07, 6.45) is 0. The SMILES string of the molecule is CON=C(C(=O)N[C@@H]1C(=O)N(S(=O)(=O)[O-])[C@@H]1CCl)c1csc(NC(=O)CCl)n1.[Na+]. The number of hydrogen-bond acceptors (Lipinski definition) is 10. The Morgan fingerprint density at radius 1 is 1.45 bits per heavy atom. The Hall–Kier alpha value is -1.000. The Morgan fingerprint density at radius 2 is 2.10 bits per heavy atom. The molecule has 0 saturated carbocycles. The van der Waals surface area contributed by atoms with Crippen LogP contribution < -0.4 is 40.2 Å². The number of halogens is 2. The van der Waals surface area contributed by atoms with Gasteiger partial charge in [0.15, 0.2) is 21.1 Å². The third kappa shape index (κ3) is 6.01. The number of alkyl halides is 2. The topological polar surface area (TPSA) is 170 Å². The van der Waals surface area contributed by atoms with Gasteiger partial charge in [-0.05, 0) is 0 Å². The predicted octanol–water partition coefficient (Wildman–Crippen LogP) is -3.93. The van der Waals surface area contributed by atoms with Gasteiger partial charge in [-0.15, -0.1) is 34.5 Å². The maximum atomic E-state index is 12.5. The van der Waals surface area contributed by atoms with E-state index in [2.05, 4.69) is 25.6 Å². The fourth-order valence-electron chi connectivity index (χ4n) is 2.20. The smallest absolute Gasteiger partial charge is 0.731 e. The monoisotopic (exact) mass is 495 g/mol. The number of thiazole rings is 1. The van der Waals surface area contributed by atoms with Gasteiger partial charge in [0.2, 0.25) is 5.91 Å². The average molecular weight is 496 g/mol. The van der Waals surface area contributed by atoms with Gasteiger partial charge in [0, 0.05) is 11.3 Å². The third-order valence-corrected chi connectivity index (χ3v) is 5.62. The van der Waals surface area contributed by atoms with Crippen LogP contribution in [0.4, 0.5) is 5.13 Å². The first-order valence-electron chi connectivity index (χ1n) is 7.22. The van der Waals surface area contributed by atoms with E-state index in [0.717, 1.165) is 18.4 Å². The number of carbonyl (C=O) groups excluding carboxylic acids is 3. The van der Waals surface area contributed by atoms with E-state index in [1.54, 1.807) is 0 Å². The van der Waals surface area contributed by atoms with E-state index in [0.29, 0.717) is 0 Å². The van der Waals surface area contributed by atoms with Crippen molar-refractivity contribution in [2.45, 2.75) is 12.1 Å². The fraction of sp³-hybridized carbons (Fsp3) is 0.417. The van der Waals surface area contributed by atoms with E-state index in [-0.39, 0.29) is 56.3 Å². The first-order valence-corrected chi connectivity index (χ1v) is 10.5. The summed E-state index contributed by atoms with van der Waals surface area (Å²) >= 11 is 12.0. The largest absolute Gasteiger partial charge is 1.00 e. The zero-order valence-electron chi connectivity index (χ0n) is 14.9. The van der Waals surface area contributed by atoms with Crippen molar-refractivity contribution in [1.82, 2.24) is 14.6 Å². The summed E-state index contributed by atoms with van der Waals surface area (Å²) in [5, 5.41) is 9.69. The normalized spacial score (nSPS) is 19.1. The first kappa shape index (κ1) is 26.0. The maximum absolute atomic E-state index is 12.5. The van der Waals surface area contributed by atoms with Crippen LogP contribution in [0.1, 0.15) is 5.69 Å². The van der Waals surface area contributed by atoms with Crippen molar-refractivity contribution in [2.75, 3.05) is 24.2 Å². The van der Waals surface area contributed by atoms with Crippen LogP contribution in [0.5, 0.6) is 0 Å². The summed E-state index contributed by atoms with van der Waals surface area (Å²) in [7, 11) is -3.89. The molecule has 1 aromatic heterocycles. The fourth-order valence-corrected chi connectivity index (χ4v) is 4.24.